The Balaban J connectivity index is 1.97. The van der Waals surface area contributed by atoms with E-state index in [1.165, 1.54) is 0 Å². The zero-order chi connectivity index (χ0) is 12.1. The summed E-state index contributed by atoms with van der Waals surface area (Å²) in [4.78, 5) is 14.6. The predicted molar refractivity (Wildman–Crippen MR) is 66.5 cm³/mol. The number of carbonyl (C=O) groups excluding carboxylic acids is 1. The van der Waals surface area contributed by atoms with E-state index >= 15 is 0 Å². The minimum atomic E-state index is -0.0238. The Labute approximate surface area is 99.7 Å². The zero-order valence-corrected chi connectivity index (χ0v) is 9.57. The van der Waals surface area contributed by atoms with Crippen molar-refractivity contribution in [3.63, 3.8) is 0 Å². The lowest BCUT2D eigenvalue weighted by Gasteiger charge is -2.03. The first-order valence-corrected chi connectivity index (χ1v) is 5.74. The molecule has 2 aromatic rings. The molecule has 1 heterocycles. The molecule has 90 valence electrons. The van der Waals surface area contributed by atoms with Crippen LogP contribution in [0.25, 0.3) is 10.9 Å². The third-order valence-corrected chi connectivity index (χ3v) is 2.71. The highest BCUT2D eigenvalue weighted by molar-refractivity contribution is 5.83. The van der Waals surface area contributed by atoms with Gasteiger partial charge >= 0.3 is 0 Å². The van der Waals surface area contributed by atoms with E-state index in [1.807, 2.05) is 30.5 Å². The van der Waals surface area contributed by atoms with Crippen LogP contribution < -0.4 is 5.32 Å². The first-order valence-electron chi connectivity index (χ1n) is 5.74. The van der Waals surface area contributed by atoms with Gasteiger partial charge in [0.1, 0.15) is 0 Å². The summed E-state index contributed by atoms with van der Waals surface area (Å²) in [5.74, 6) is -0.0238. The van der Waals surface area contributed by atoms with E-state index in [0.29, 0.717) is 19.4 Å². The maximum absolute atomic E-state index is 11.4. The highest BCUT2D eigenvalue weighted by Crippen LogP contribution is 2.17. The number of benzene rings is 1. The molecule has 0 spiro atoms. The Kier molecular flexibility index (Phi) is 3.77. The van der Waals surface area contributed by atoms with Crippen LogP contribution in [-0.2, 0) is 11.3 Å². The van der Waals surface area contributed by atoms with Crippen LogP contribution in [-0.4, -0.2) is 22.6 Å². The van der Waals surface area contributed by atoms with Crippen LogP contribution in [0, 0.1) is 0 Å². The summed E-state index contributed by atoms with van der Waals surface area (Å²) < 4.78 is 0. The number of aliphatic hydroxyl groups excluding tert-OH is 1. The number of para-hydroxylation sites is 1. The lowest BCUT2D eigenvalue weighted by molar-refractivity contribution is -0.121. The van der Waals surface area contributed by atoms with E-state index in [-0.39, 0.29) is 12.5 Å². The van der Waals surface area contributed by atoms with E-state index in [4.69, 9.17) is 5.11 Å². The van der Waals surface area contributed by atoms with E-state index in [2.05, 4.69) is 10.3 Å². The van der Waals surface area contributed by atoms with Crippen LogP contribution in [0.4, 0.5) is 0 Å². The van der Waals surface area contributed by atoms with Gasteiger partial charge in [-0.25, -0.2) is 0 Å². The summed E-state index contributed by atoms with van der Waals surface area (Å²) in [6.07, 6.45) is 2.80. The van der Waals surface area contributed by atoms with Crippen molar-refractivity contribution in [3.8, 4) is 0 Å². The number of hydrogen-bond acceptors (Lipinski definition) is 2. The molecule has 0 radical (unpaired) electrons. The lowest BCUT2D eigenvalue weighted by atomic mass is 10.2. The molecule has 4 heteroatoms. The summed E-state index contributed by atoms with van der Waals surface area (Å²) in [5, 5.41) is 12.6. The minimum Gasteiger partial charge on any atom is -0.396 e. The van der Waals surface area contributed by atoms with E-state index in [1.54, 1.807) is 0 Å². The number of aromatic nitrogens is 1. The lowest BCUT2D eigenvalue weighted by Crippen LogP contribution is -2.22. The van der Waals surface area contributed by atoms with Crippen LogP contribution in [0.1, 0.15) is 18.4 Å². The average molecular weight is 232 g/mol. The van der Waals surface area contributed by atoms with Crippen LogP contribution in [0.15, 0.2) is 30.5 Å². The Morgan fingerprint density at radius 1 is 1.35 bits per heavy atom. The molecule has 2 rings (SSSR count). The monoisotopic (exact) mass is 232 g/mol. The minimum absolute atomic E-state index is 0.0238. The van der Waals surface area contributed by atoms with E-state index in [9.17, 15) is 4.79 Å². The van der Waals surface area contributed by atoms with Gasteiger partial charge < -0.3 is 15.4 Å². The average Bonchev–Trinajstić information content (AvgIpc) is 2.77. The molecule has 17 heavy (non-hydrogen) atoms. The summed E-state index contributed by atoms with van der Waals surface area (Å²) >= 11 is 0. The van der Waals surface area contributed by atoms with Gasteiger partial charge in [-0.05, 0) is 18.1 Å². The molecule has 0 fully saturated rings. The fourth-order valence-corrected chi connectivity index (χ4v) is 1.80. The number of rotatable bonds is 5. The Morgan fingerprint density at radius 2 is 2.18 bits per heavy atom. The number of amides is 1. The van der Waals surface area contributed by atoms with Crippen molar-refractivity contribution in [2.24, 2.45) is 0 Å². The number of hydrogen-bond donors (Lipinski definition) is 3. The largest absolute Gasteiger partial charge is 0.396 e. The third-order valence-electron chi connectivity index (χ3n) is 2.71. The molecule has 1 aromatic heterocycles. The van der Waals surface area contributed by atoms with Gasteiger partial charge in [0.25, 0.3) is 0 Å². The third kappa shape index (κ3) is 2.85. The van der Waals surface area contributed by atoms with Gasteiger partial charge in [-0.3, -0.25) is 4.79 Å². The Hall–Kier alpha value is -1.81. The quantitative estimate of drug-likeness (QED) is 0.732. The van der Waals surface area contributed by atoms with Crippen molar-refractivity contribution in [2.75, 3.05) is 6.61 Å². The molecule has 0 aliphatic carbocycles. The van der Waals surface area contributed by atoms with Crippen LogP contribution >= 0.6 is 0 Å². The molecule has 0 unspecified atom stereocenters. The molecular formula is C13H16N2O2. The molecular weight excluding hydrogens is 216 g/mol. The van der Waals surface area contributed by atoms with Gasteiger partial charge in [0.15, 0.2) is 0 Å². The molecule has 0 aliphatic heterocycles. The Morgan fingerprint density at radius 3 is 3.00 bits per heavy atom. The van der Waals surface area contributed by atoms with Crippen LogP contribution in [0.2, 0.25) is 0 Å². The van der Waals surface area contributed by atoms with Crippen molar-refractivity contribution in [3.05, 3.63) is 36.0 Å². The van der Waals surface area contributed by atoms with E-state index < -0.39 is 0 Å². The normalized spacial score (nSPS) is 10.6. The predicted octanol–water partition coefficient (Wildman–Crippen LogP) is 1.56. The maximum atomic E-state index is 11.4. The molecule has 0 bridgehead atoms. The summed E-state index contributed by atoms with van der Waals surface area (Å²) in [6, 6.07) is 7.99. The highest BCUT2D eigenvalue weighted by atomic mass is 16.3. The second-order valence-electron chi connectivity index (χ2n) is 3.96. The molecule has 3 N–H and O–H groups in total. The maximum Gasteiger partial charge on any atom is 0.220 e. The highest BCUT2D eigenvalue weighted by Gasteiger charge is 2.04. The summed E-state index contributed by atoms with van der Waals surface area (Å²) in [7, 11) is 0. The molecule has 1 aromatic carbocycles. The number of nitrogens with one attached hydrogen (secondary N) is 2. The summed E-state index contributed by atoms with van der Waals surface area (Å²) in [6.45, 7) is 0.578. The van der Waals surface area contributed by atoms with Gasteiger partial charge in [0, 0.05) is 36.7 Å². The van der Waals surface area contributed by atoms with Crippen molar-refractivity contribution < 1.29 is 9.90 Å². The fourth-order valence-electron chi connectivity index (χ4n) is 1.80. The molecule has 1 amide bonds. The fraction of sp³-hybridized carbons (Fsp3) is 0.308. The number of aliphatic hydroxyl groups is 1. The summed E-state index contributed by atoms with van der Waals surface area (Å²) in [5.41, 5.74) is 2.16. The second kappa shape index (κ2) is 5.50. The van der Waals surface area contributed by atoms with Crippen molar-refractivity contribution >= 4 is 16.8 Å². The van der Waals surface area contributed by atoms with Gasteiger partial charge in [-0.2, -0.15) is 0 Å². The first kappa shape index (κ1) is 11.7. The van der Waals surface area contributed by atoms with Crippen molar-refractivity contribution in [2.45, 2.75) is 19.4 Å². The number of fused-ring (bicyclic) bond motifs is 1. The molecule has 0 saturated carbocycles. The number of carbonyl (C=O) groups is 1. The van der Waals surface area contributed by atoms with Crippen molar-refractivity contribution in [1.29, 1.82) is 0 Å². The van der Waals surface area contributed by atoms with Crippen LogP contribution in [0.3, 0.4) is 0 Å². The molecule has 4 nitrogen and oxygen atoms in total. The van der Waals surface area contributed by atoms with Gasteiger partial charge in [0.2, 0.25) is 5.91 Å². The first-order chi connectivity index (χ1) is 8.31. The molecule has 0 atom stereocenters. The second-order valence-corrected chi connectivity index (χ2v) is 3.96. The topological polar surface area (TPSA) is 65.1 Å². The zero-order valence-electron chi connectivity index (χ0n) is 9.57. The van der Waals surface area contributed by atoms with Crippen LogP contribution in [0.5, 0.6) is 0 Å². The SMILES string of the molecule is O=C(CCCO)NCc1c[nH]c2ccccc12. The van der Waals surface area contributed by atoms with E-state index in [0.717, 1.165) is 16.5 Å². The van der Waals surface area contributed by atoms with Gasteiger partial charge in [-0.1, -0.05) is 18.2 Å². The molecule has 0 aliphatic rings. The molecule has 0 saturated heterocycles. The van der Waals surface area contributed by atoms with Gasteiger partial charge in [0.05, 0.1) is 0 Å². The standard InChI is InChI=1S/C13H16N2O2/c16-7-3-6-13(17)15-9-10-8-14-12-5-2-1-4-11(10)12/h1-2,4-5,8,14,16H,3,6-7,9H2,(H,15,17). The van der Waals surface area contributed by atoms with Gasteiger partial charge in [-0.15, -0.1) is 0 Å². The smallest absolute Gasteiger partial charge is 0.220 e. The Bertz CT molecular complexity index is 505. The van der Waals surface area contributed by atoms with Crippen molar-refractivity contribution in [1.82, 2.24) is 10.3 Å². The number of H-pyrrole nitrogens is 1. The number of aromatic amines is 1.